The van der Waals surface area contributed by atoms with E-state index < -0.39 is 17.6 Å². The number of aliphatic hydroxyl groups excluding tert-OH is 1. The Kier molecular flexibility index (Phi) is 3.58. The number of aliphatic hydroxyl groups is 1. The van der Waals surface area contributed by atoms with Crippen molar-refractivity contribution in [2.45, 2.75) is 25.0 Å². The van der Waals surface area contributed by atoms with Gasteiger partial charge in [0.2, 0.25) is 0 Å². The zero-order valence-corrected chi connectivity index (χ0v) is 8.43. The summed E-state index contributed by atoms with van der Waals surface area (Å²) in [6, 6.07) is 0. The Balaban J connectivity index is 2.52. The van der Waals surface area contributed by atoms with Crippen LogP contribution < -0.4 is 5.32 Å². The Morgan fingerprint density at radius 2 is 2.46 bits per heavy atom. The van der Waals surface area contributed by atoms with Gasteiger partial charge in [0.05, 0.1) is 6.10 Å². The lowest BCUT2D eigenvalue weighted by Gasteiger charge is -2.25. The van der Waals surface area contributed by atoms with Crippen LogP contribution in [0, 0.1) is 0 Å². The van der Waals surface area contributed by atoms with E-state index in [0.29, 0.717) is 18.7 Å². The molecule has 1 rings (SSSR count). The Bertz CT molecular complexity index is 190. The highest BCUT2D eigenvalue weighted by Gasteiger charge is 2.41. The first-order valence-electron chi connectivity index (χ1n) is 4.31. The van der Waals surface area contributed by atoms with Gasteiger partial charge in [0.25, 0.3) is 0 Å². The van der Waals surface area contributed by atoms with Gasteiger partial charge < -0.3 is 10.2 Å². The molecule has 2 unspecified atom stereocenters. The van der Waals surface area contributed by atoms with E-state index in [-0.39, 0.29) is 0 Å². The van der Waals surface area contributed by atoms with E-state index in [9.17, 15) is 4.79 Å². The smallest absolute Gasteiger partial charge is 0.324 e. The third-order valence-corrected chi connectivity index (χ3v) is 3.36. The summed E-state index contributed by atoms with van der Waals surface area (Å²) in [5.74, 6) is 0.659. The highest BCUT2D eigenvalue weighted by Crippen LogP contribution is 2.28. The average Bonchev–Trinajstić information content (AvgIpc) is 2.50. The Labute approximate surface area is 81.7 Å². The maximum absolute atomic E-state index is 11.0. The van der Waals surface area contributed by atoms with Crippen LogP contribution in [0.3, 0.4) is 0 Å². The summed E-state index contributed by atoms with van der Waals surface area (Å²) in [5, 5.41) is 21.0. The second-order valence-corrected chi connectivity index (χ2v) is 4.52. The quantitative estimate of drug-likeness (QED) is 0.599. The van der Waals surface area contributed by atoms with E-state index in [1.54, 1.807) is 18.7 Å². The van der Waals surface area contributed by atoms with Crippen LogP contribution in [0.1, 0.15) is 13.3 Å². The molecule has 2 atom stereocenters. The number of thioether (sulfide) groups is 1. The molecule has 5 heteroatoms. The molecular weight excluding hydrogens is 190 g/mol. The number of aliphatic carboxylic acids is 1. The van der Waals surface area contributed by atoms with E-state index in [2.05, 4.69) is 5.32 Å². The molecule has 13 heavy (non-hydrogen) atoms. The largest absolute Gasteiger partial charge is 0.480 e. The van der Waals surface area contributed by atoms with E-state index in [1.165, 1.54) is 0 Å². The fourth-order valence-corrected chi connectivity index (χ4v) is 2.65. The van der Waals surface area contributed by atoms with Gasteiger partial charge >= 0.3 is 5.97 Å². The molecule has 1 aliphatic rings. The minimum absolute atomic E-state index is 0.340. The SMILES string of the molecule is CC(O)CNC1(C(=O)O)CCSC1. The van der Waals surface area contributed by atoms with Gasteiger partial charge in [-0.05, 0) is 19.1 Å². The zero-order chi connectivity index (χ0) is 9.90. The van der Waals surface area contributed by atoms with Gasteiger partial charge in [-0.15, -0.1) is 0 Å². The van der Waals surface area contributed by atoms with Crippen LogP contribution in [0.15, 0.2) is 0 Å². The summed E-state index contributed by atoms with van der Waals surface area (Å²) < 4.78 is 0. The van der Waals surface area contributed by atoms with Crippen LogP contribution in [-0.4, -0.2) is 45.9 Å². The lowest BCUT2D eigenvalue weighted by Crippen LogP contribution is -2.54. The van der Waals surface area contributed by atoms with Gasteiger partial charge in [-0.2, -0.15) is 11.8 Å². The van der Waals surface area contributed by atoms with Gasteiger partial charge in [-0.3, -0.25) is 10.1 Å². The van der Waals surface area contributed by atoms with Gasteiger partial charge in [0.1, 0.15) is 5.54 Å². The van der Waals surface area contributed by atoms with Crippen LogP contribution in [-0.2, 0) is 4.79 Å². The first-order chi connectivity index (χ1) is 6.07. The number of carbonyl (C=O) groups is 1. The molecule has 1 fully saturated rings. The van der Waals surface area contributed by atoms with Crippen molar-refractivity contribution < 1.29 is 15.0 Å². The Morgan fingerprint density at radius 1 is 1.77 bits per heavy atom. The monoisotopic (exact) mass is 205 g/mol. The van der Waals surface area contributed by atoms with Crippen LogP contribution >= 0.6 is 11.8 Å². The molecule has 1 heterocycles. The molecule has 0 aliphatic carbocycles. The molecular formula is C8H15NO3S. The number of hydrogen-bond acceptors (Lipinski definition) is 4. The summed E-state index contributed by atoms with van der Waals surface area (Å²) in [7, 11) is 0. The summed E-state index contributed by atoms with van der Waals surface area (Å²) in [6.07, 6.45) is 0.140. The van der Waals surface area contributed by atoms with Crippen LogP contribution in [0.4, 0.5) is 0 Å². The number of β-amino-alcohol motifs (C(OH)–C–C–N with tert-alkyl or cyclic N) is 1. The van der Waals surface area contributed by atoms with Gasteiger partial charge in [-0.25, -0.2) is 0 Å². The lowest BCUT2D eigenvalue weighted by atomic mass is 9.99. The molecule has 0 radical (unpaired) electrons. The average molecular weight is 205 g/mol. The topological polar surface area (TPSA) is 69.6 Å². The van der Waals surface area contributed by atoms with E-state index >= 15 is 0 Å². The molecule has 0 aromatic heterocycles. The highest BCUT2D eigenvalue weighted by atomic mass is 32.2. The fraction of sp³-hybridized carbons (Fsp3) is 0.875. The number of carboxylic acids is 1. The first kappa shape index (κ1) is 10.8. The highest BCUT2D eigenvalue weighted by molar-refractivity contribution is 7.99. The zero-order valence-electron chi connectivity index (χ0n) is 7.62. The normalized spacial score (nSPS) is 30.3. The lowest BCUT2D eigenvalue weighted by molar-refractivity contribution is -0.143. The second-order valence-electron chi connectivity index (χ2n) is 3.42. The standard InChI is InChI=1S/C8H15NO3S/c1-6(10)4-9-8(7(11)12)2-3-13-5-8/h6,9-10H,2-5H2,1H3,(H,11,12). The minimum atomic E-state index is -0.807. The molecule has 0 amide bonds. The third-order valence-electron chi connectivity index (χ3n) is 2.17. The maximum Gasteiger partial charge on any atom is 0.324 e. The van der Waals surface area contributed by atoms with Gasteiger partial charge in [-0.1, -0.05) is 0 Å². The molecule has 0 aromatic carbocycles. The van der Waals surface area contributed by atoms with Crippen molar-refractivity contribution in [2.75, 3.05) is 18.1 Å². The molecule has 0 bridgehead atoms. The molecule has 4 nitrogen and oxygen atoms in total. The minimum Gasteiger partial charge on any atom is -0.480 e. The summed E-state index contributed by atoms with van der Waals surface area (Å²) in [5.41, 5.74) is -0.804. The van der Waals surface area contributed by atoms with E-state index in [0.717, 1.165) is 5.75 Å². The number of carboxylic acid groups (broad SMARTS) is 1. The molecule has 1 saturated heterocycles. The molecule has 0 aromatic rings. The Hall–Kier alpha value is -0.260. The first-order valence-corrected chi connectivity index (χ1v) is 5.46. The predicted octanol–water partition coefficient (Wildman–Crippen LogP) is -0.0829. The van der Waals surface area contributed by atoms with Crippen molar-refractivity contribution in [3.63, 3.8) is 0 Å². The molecule has 1 aliphatic heterocycles. The second kappa shape index (κ2) is 4.30. The van der Waals surface area contributed by atoms with Crippen molar-refractivity contribution in [1.29, 1.82) is 0 Å². The van der Waals surface area contributed by atoms with Crippen molar-refractivity contribution in [1.82, 2.24) is 5.32 Å². The van der Waals surface area contributed by atoms with Gasteiger partial charge in [0, 0.05) is 12.3 Å². The third kappa shape index (κ3) is 2.59. The number of hydrogen-bond donors (Lipinski definition) is 3. The molecule has 0 spiro atoms. The summed E-state index contributed by atoms with van der Waals surface area (Å²) >= 11 is 1.64. The predicted molar refractivity (Wildman–Crippen MR) is 52.0 cm³/mol. The van der Waals surface area contributed by atoms with Crippen molar-refractivity contribution in [3.05, 3.63) is 0 Å². The summed E-state index contributed by atoms with van der Waals surface area (Å²) in [4.78, 5) is 11.0. The Morgan fingerprint density at radius 3 is 2.85 bits per heavy atom. The van der Waals surface area contributed by atoms with Crippen LogP contribution in [0.25, 0.3) is 0 Å². The number of rotatable bonds is 4. The van der Waals surface area contributed by atoms with Crippen molar-refractivity contribution >= 4 is 17.7 Å². The molecule has 0 saturated carbocycles. The van der Waals surface area contributed by atoms with Crippen molar-refractivity contribution in [3.8, 4) is 0 Å². The molecule has 76 valence electrons. The van der Waals surface area contributed by atoms with E-state index in [4.69, 9.17) is 10.2 Å². The maximum atomic E-state index is 11.0. The summed E-state index contributed by atoms with van der Waals surface area (Å²) in [6.45, 7) is 1.98. The fourth-order valence-electron chi connectivity index (χ4n) is 1.29. The molecule has 3 N–H and O–H groups in total. The van der Waals surface area contributed by atoms with Crippen LogP contribution in [0.5, 0.6) is 0 Å². The van der Waals surface area contributed by atoms with Gasteiger partial charge in [0.15, 0.2) is 0 Å². The van der Waals surface area contributed by atoms with E-state index in [1.807, 2.05) is 0 Å². The van der Waals surface area contributed by atoms with Crippen molar-refractivity contribution in [2.24, 2.45) is 0 Å². The number of nitrogens with one attached hydrogen (secondary N) is 1. The van der Waals surface area contributed by atoms with Crippen LogP contribution in [0.2, 0.25) is 0 Å².